The van der Waals surface area contributed by atoms with Gasteiger partial charge in [0.2, 0.25) is 11.9 Å². The van der Waals surface area contributed by atoms with Crippen LogP contribution in [0.15, 0.2) is 42.7 Å². The number of hydrogen-bond acceptors (Lipinski definition) is 6. The van der Waals surface area contributed by atoms with E-state index in [-0.39, 0.29) is 17.5 Å². The second-order valence-electron chi connectivity index (χ2n) is 8.03. The minimum absolute atomic E-state index is 0.0511. The standard InChI is InChI=1S/C22H22F2N6O2/c1-14-4-17(26-22-25-13-30(27-22)19-7-15(23)6-16(24)8-19)9-18(5-14)29-3-2-28(10-21(29)31)20-11-32-12-20/h4-9,13,20H,2-3,10-12H2,1H3,(H,26,27). The van der Waals surface area contributed by atoms with Gasteiger partial charge < -0.3 is 15.0 Å². The van der Waals surface area contributed by atoms with Gasteiger partial charge in [-0.1, -0.05) is 0 Å². The van der Waals surface area contributed by atoms with Crippen LogP contribution in [0, 0.1) is 18.6 Å². The van der Waals surface area contributed by atoms with Crippen LogP contribution in [0.3, 0.4) is 0 Å². The maximum absolute atomic E-state index is 13.5. The molecule has 0 unspecified atom stereocenters. The van der Waals surface area contributed by atoms with Crippen LogP contribution in [0.5, 0.6) is 0 Å². The minimum atomic E-state index is -0.692. The van der Waals surface area contributed by atoms with Gasteiger partial charge in [-0.25, -0.2) is 13.5 Å². The molecule has 3 aromatic rings. The van der Waals surface area contributed by atoms with Crippen LogP contribution >= 0.6 is 0 Å². The topological polar surface area (TPSA) is 75.5 Å². The van der Waals surface area contributed by atoms with Crippen molar-refractivity contribution in [2.24, 2.45) is 0 Å². The third kappa shape index (κ3) is 4.19. The van der Waals surface area contributed by atoms with E-state index in [1.165, 1.54) is 23.1 Å². The van der Waals surface area contributed by atoms with Gasteiger partial charge in [0.05, 0.1) is 31.5 Å². The molecule has 2 saturated heterocycles. The number of carbonyl (C=O) groups is 1. The highest BCUT2D eigenvalue weighted by Gasteiger charge is 2.33. The number of ether oxygens (including phenoxy) is 1. The maximum atomic E-state index is 13.5. The van der Waals surface area contributed by atoms with E-state index < -0.39 is 11.6 Å². The molecule has 2 aliphatic heterocycles. The third-order valence-corrected chi connectivity index (χ3v) is 5.62. The molecule has 3 heterocycles. The van der Waals surface area contributed by atoms with E-state index >= 15 is 0 Å². The molecule has 1 aromatic heterocycles. The molecule has 8 nitrogen and oxygen atoms in total. The number of nitrogens with one attached hydrogen (secondary N) is 1. The Bertz CT molecular complexity index is 1140. The third-order valence-electron chi connectivity index (χ3n) is 5.62. The maximum Gasteiger partial charge on any atom is 0.246 e. The number of nitrogens with zero attached hydrogens (tertiary/aromatic N) is 5. The largest absolute Gasteiger partial charge is 0.378 e. The van der Waals surface area contributed by atoms with E-state index in [1.54, 1.807) is 4.90 Å². The van der Waals surface area contributed by atoms with Crippen molar-refractivity contribution in [3.63, 3.8) is 0 Å². The number of anilines is 3. The zero-order chi connectivity index (χ0) is 22.2. The molecule has 5 rings (SSSR count). The molecule has 1 amide bonds. The number of benzene rings is 2. The molecular weight excluding hydrogens is 418 g/mol. The first-order valence-corrected chi connectivity index (χ1v) is 10.3. The van der Waals surface area contributed by atoms with Crippen LogP contribution in [0.4, 0.5) is 26.1 Å². The molecule has 2 fully saturated rings. The van der Waals surface area contributed by atoms with Gasteiger partial charge in [-0.15, -0.1) is 5.10 Å². The molecule has 2 aliphatic rings. The second kappa shape index (κ2) is 8.29. The lowest BCUT2D eigenvalue weighted by Crippen LogP contribution is -2.58. The van der Waals surface area contributed by atoms with Crippen molar-refractivity contribution in [2.45, 2.75) is 13.0 Å². The SMILES string of the molecule is Cc1cc(Nc2ncn(-c3cc(F)cc(F)c3)n2)cc(N2CCN(C3COC3)CC2=O)c1. The Hall–Kier alpha value is -3.37. The van der Waals surface area contributed by atoms with Gasteiger partial charge in [-0.05, 0) is 42.8 Å². The average molecular weight is 440 g/mol. The summed E-state index contributed by atoms with van der Waals surface area (Å²) in [5, 5.41) is 7.36. The van der Waals surface area contributed by atoms with Crippen molar-refractivity contribution in [3.05, 3.63) is 59.9 Å². The zero-order valence-corrected chi connectivity index (χ0v) is 17.5. The number of rotatable bonds is 5. The van der Waals surface area contributed by atoms with Crippen molar-refractivity contribution in [1.82, 2.24) is 19.7 Å². The number of halogens is 2. The van der Waals surface area contributed by atoms with Crippen LogP contribution in [0.1, 0.15) is 5.56 Å². The number of hydrogen-bond donors (Lipinski definition) is 1. The lowest BCUT2D eigenvalue weighted by molar-refractivity contribution is -0.127. The highest BCUT2D eigenvalue weighted by Crippen LogP contribution is 2.26. The molecule has 10 heteroatoms. The van der Waals surface area contributed by atoms with Gasteiger partial charge in [0.15, 0.2) is 0 Å². The van der Waals surface area contributed by atoms with Crippen LogP contribution in [-0.2, 0) is 9.53 Å². The van der Waals surface area contributed by atoms with Gasteiger partial charge in [-0.2, -0.15) is 4.98 Å². The fraction of sp³-hybridized carbons (Fsp3) is 0.318. The summed E-state index contributed by atoms with van der Waals surface area (Å²) in [7, 11) is 0. The predicted molar refractivity (Wildman–Crippen MR) is 114 cm³/mol. The first-order valence-electron chi connectivity index (χ1n) is 10.3. The molecule has 0 bridgehead atoms. The lowest BCUT2D eigenvalue weighted by atomic mass is 10.1. The Morgan fingerprint density at radius 3 is 2.50 bits per heavy atom. The number of aromatic nitrogens is 3. The highest BCUT2D eigenvalue weighted by atomic mass is 19.1. The van der Waals surface area contributed by atoms with Crippen molar-refractivity contribution < 1.29 is 18.3 Å². The van der Waals surface area contributed by atoms with E-state index in [2.05, 4.69) is 20.3 Å². The Labute approximate surface area is 183 Å². The molecule has 0 radical (unpaired) electrons. The summed E-state index contributed by atoms with van der Waals surface area (Å²) in [5.41, 5.74) is 2.71. The summed E-state index contributed by atoms with van der Waals surface area (Å²) < 4.78 is 33.5. The van der Waals surface area contributed by atoms with Crippen molar-refractivity contribution >= 4 is 23.2 Å². The fourth-order valence-electron chi connectivity index (χ4n) is 3.95. The number of aryl methyl sites for hydroxylation is 1. The number of amides is 1. The van der Waals surface area contributed by atoms with Gasteiger partial charge in [0.25, 0.3) is 0 Å². The Morgan fingerprint density at radius 2 is 1.81 bits per heavy atom. The number of carbonyl (C=O) groups excluding carboxylic acids is 1. The smallest absolute Gasteiger partial charge is 0.246 e. The molecule has 0 aliphatic carbocycles. The van der Waals surface area contributed by atoms with Gasteiger partial charge in [0, 0.05) is 30.5 Å². The normalized spacial score (nSPS) is 17.5. The predicted octanol–water partition coefficient (Wildman–Crippen LogP) is 2.64. The Morgan fingerprint density at radius 1 is 1.03 bits per heavy atom. The van der Waals surface area contributed by atoms with E-state index in [0.29, 0.717) is 38.0 Å². The summed E-state index contributed by atoms with van der Waals surface area (Å²) in [6, 6.07) is 9.24. The monoisotopic (exact) mass is 440 g/mol. The van der Waals surface area contributed by atoms with Crippen molar-refractivity contribution in [1.29, 1.82) is 0 Å². The summed E-state index contributed by atoms with van der Waals surface area (Å²) in [5.74, 6) is -1.06. The van der Waals surface area contributed by atoms with E-state index in [1.807, 2.05) is 25.1 Å². The Balaban J connectivity index is 1.32. The average Bonchev–Trinajstić information content (AvgIpc) is 3.14. The summed E-state index contributed by atoms with van der Waals surface area (Å²) >= 11 is 0. The van der Waals surface area contributed by atoms with Crippen LogP contribution < -0.4 is 10.2 Å². The van der Waals surface area contributed by atoms with Crippen LogP contribution in [0.2, 0.25) is 0 Å². The second-order valence-corrected chi connectivity index (χ2v) is 8.03. The summed E-state index contributed by atoms with van der Waals surface area (Å²) in [6.07, 6.45) is 1.38. The van der Waals surface area contributed by atoms with E-state index in [0.717, 1.165) is 23.9 Å². The van der Waals surface area contributed by atoms with E-state index in [9.17, 15) is 13.6 Å². The molecule has 0 atom stereocenters. The van der Waals surface area contributed by atoms with Gasteiger partial charge in [0.1, 0.15) is 18.0 Å². The van der Waals surface area contributed by atoms with Crippen LogP contribution in [-0.4, -0.2) is 64.5 Å². The summed E-state index contributed by atoms with van der Waals surface area (Å²) in [4.78, 5) is 20.9. The van der Waals surface area contributed by atoms with Gasteiger partial charge in [-0.3, -0.25) is 9.69 Å². The van der Waals surface area contributed by atoms with Gasteiger partial charge >= 0.3 is 0 Å². The Kier molecular flexibility index (Phi) is 5.32. The fourth-order valence-corrected chi connectivity index (χ4v) is 3.95. The van der Waals surface area contributed by atoms with Crippen molar-refractivity contribution in [3.8, 4) is 5.69 Å². The minimum Gasteiger partial charge on any atom is -0.378 e. The number of piperazine rings is 1. The highest BCUT2D eigenvalue weighted by molar-refractivity contribution is 5.96. The molecule has 0 spiro atoms. The first-order chi connectivity index (χ1) is 15.4. The van der Waals surface area contributed by atoms with Crippen molar-refractivity contribution in [2.75, 3.05) is 43.1 Å². The molecule has 32 heavy (non-hydrogen) atoms. The quantitative estimate of drug-likeness (QED) is 0.658. The zero-order valence-electron chi connectivity index (χ0n) is 17.5. The van der Waals surface area contributed by atoms with E-state index in [4.69, 9.17) is 4.74 Å². The summed E-state index contributed by atoms with van der Waals surface area (Å²) in [6.45, 7) is 5.10. The first kappa shape index (κ1) is 20.5. The molecule has 166 valence electrons. The molecule has 0 saturated carbocycles. The lowest BCUT2D eigenvalue weighted by Gasteiger charge is -2.42. The molecule has 1 N–H and O–H groups in total. The molecule has 2 aromatic carbocycles. The van der Waals surface area contributed by atoms with Crippen LogP contribution in [0.25, 0.3) is 5.69 Å². The molecular formula is C22H22F2N6O2.